The van der Waals surface area contributed by atoms with E-state index in [0.29, 0.717) is 0 Å². The highest BCUT2D eigenvalue weighted by Gasteiger charge is 2.28. The predicted octanol–water partition coefficient (Wildman–Crippen LogP) is 2.70. The third kappa shape index (κ3) is 3.86. The Morgan fingerprint density at radius 2 is 1.75 bits per heavy atom. The summed E-state index contributed by atoms with van der Waals surface area (Å²) in [4.78, 5) is 15.6. The van der Waals surface area contributed by atoms with Gasteiger partial charge in [-0.3, -0.25) is 9.63 Å². The monoisotopic (exact) mass is 284 g/mol. The van der Waals surface area contributed by atoms with E-state index in [4.69, 9.17) is 0 Å². The highest BCUT2D eigenvalue weighted by Crippen LogP contribution is 2.14. The lowest BCUT2D eigenvalue weighted by molar-refractivity contribution is -0.184. The molecule has 2 aromatic rings. The molecule has 0 aliphatic carbocycles. The number of rotatable bonds is 4. The maximum absolute atomic E-state index is 11.8. The van der Waals surface area contributed by atoms with Gasteiger partial charge in [-0.2, -0.15) is 13.2 Å². The molecule has 4 nitrogen and oxygen atoms in total. The van der Waals surface area contributed by atoms with Crippen molar-refractivity contribution < 1.29 is 22.8 Å². The zero-order valence-electron chi connectivity index (χ0n) is 10.2. The average Bonchev–Trinajstić information content (AvgIpc) is 2.91. The van der Waals surface area contributed by atoms with Gasteiger partial charge in [-0.05, 0) is 36.4 Å². The summed E-state index contributed by atoms with van der Waals surface area (Å²) in [5.41, 5.74) is 2.79. The molecule has 7 heteroatoms. The van der Waals surface area contributed by atoms with Crippen LogP contribution in [-0.2, 0) is 4.84 Å². The van der Waals surface area contributed by atoms with Crippen LogP contribution < -0.4 is 5.48 Å². The molecule has 0 fully saturated rings. The van der Waals surface area contributed by atoms with E-state index in [0.717, 1.165) is 5.69 Å². The van der Waals surface area contributed by atoms with Crippen LogP contribution in [0.1, 0.15) is 10.4 Å². The molecule has 1 amide bonds. The van der Waals surface area contributed by atoms with E-state index < -0.39 is 18.7 Å². The molecule has 0 saturated heterocycles. The van der Waals surface area contributed by atoms with Crippen molar-refractivity contribution in [1.29, 1.82) is 0 Å². The third-order valence-corrected chi connectivity index (χ3v) is 2.43. The Labute approximate surface area is 112 Å². The number of alkyl halides is 3. The molecule has 0 saturated carbocycles. The Bertz CT molecular complexity index is 562. The number of hydrogen-bond acceptors (Lipinski definition) is 2. The van der Waals surface area contributed by atoms with Gasteiger partial charge in [0.2, 0.25) is 0 Å². The van der Waals surface area contributed by atoms with Gasteiger partial charge in [-0.15, -0.1) is 0 Å². The average molecular weight is 284 g/mol. The van der Waals surface area contributed by atoms with E-state index >= 15 is 0 Å². The Balaban J connectivity index is 1.94. The molecule has 106 valence electrons. The fourth-order valence-electron chi connectivity index (χ4n) is 1.53. The zero-order chi connectivity index (χ0) is 14.6. The number of hydrogen-bond donors (Lipinski definition) is 1. The minimum Gasteiger partial charge on any atom is -0.324 e. The van der Waals surface area contributed by atoms with Crippen molar-refractivity contribution in [3.8, 4) is 5.69 Å². The first-order chi connectivity index (χ1) is 9.46. The number of aromatic nitrogens is 1. The standard InChI is InChI=1S/C13H11F3N2O2/c14-13(15,16)9-20-17-12(19)10-3-5-11(6-4-10)18-7-1-2-8-18/h1-8H,9H2,(H,17,19). The summed E-state index contributed by atoms with van der Waals surface area (Å²) in [6.45, 7) is -1.53. The molecule has 1 aromatic heterocycles. The molecule has 20 heavy (non-hydrogen) atoms. The normalized spacial score (nSPS) is 11.3. The molecule has 0 aliphatic heterocycles. The second-order valence-electron chi connectivity index (χ2n) is 3.97. The van der Waals surface area contributed by atoms with Crippen LogP contribution in [0.4, 0.5) is 13.2 Å². The van der Waals surface area contributed by atoms with Gasteiger partial charge >= 0.3 is 6.18 Å². The minimum absolute atomic E-state index is 0.211. The van der Waals surface area contributed by atoms with Gasteiger partial charge in [0.15, 0.2) is 6.61 Å². The van der Waals surface area contributed by atoms with E-state index in [1.54, 1.807) is 17.6 Å². The van der Waals surface area contributed by atoms with Gasteiger partial charge in [-0.1, -0.05) is 0 Å². The van der Waals surface area contributed by atoms with Gasteiger partial charge in [0.1, 0.15) is 0 Å². The Morgan fingerprint density at radius 1 is 1.15 bits per heavy atom. The van der Waals surface area contributed by atoms with Gasteiger partial charge in [0.25, 0.3) is 5.91 Å². The summed E-state index contributed by atoms with van der Waals surface area (Å²) in [6.07, 6.45) is -0.811. The van der Waals surface area contributed by atoms with E-state index in [9.17, 15) is 18.0 Å². The molecule has 0 unspecified atom stereocenters. The summed E-state index contributed by atoms with van der Waals surface area (Å²) < 4.78 is 37.4. The first kappa shape index (κ1) is 14.1. The molecule has 0 atom stereocenters. The minimum atomic E-state index is -4.48. The molecular weight excluding hydrogens is 273 g/mol. The summed E-state index contributed by atoms with van der Waals surface area (Å²) >= 11 is 0. The second kappa shape index (κ2) is 5.79. The number of carbonyl (C=O) groups is 1. The van der Waals surface area contributed by atoms with Crippen molar-refractivity contribution in [2.75, 3.05) is 6.61 Å². The number of amides is 1. The number of nitrogens with one attached hydrogen (secondary N) is 1. The van der Waals surface area contributed by atoms with E-state index in [1.165, 1.54) is 12.1 Å². The molecular formula is C13H11F3N2O2. The first-order valence-electron chi connectivity index (χ1n) is 5.68. The van der Waals surface area contributed by atoms with Crippen molar-refractivity contribution in [3.05, 3.63) is 54.4 Å². The maximum Gasteiger partial charge on any atom is 0.414 e. The van der Waals surface area contributed by atoms with E-state index in [2.05, 4.69) is 4.84 Å². The second-order valence-corrected chi connectivity index (χ2v) is 3.97. The van der Waals surface area contributed by atoms with Crippen molar-refractivity contribution in [3.63, 3.8) is 0 Å². The summed E-state index contributed by atoms with van der Waals surface area (Å²) in [5.74, 6) is -0.728. The van der Waals surface area contributed by atoms with Crippen LogP contribution >= 0.6 is 0 Å². The Hall–Kier alpha value is -2.28. The van der Waals surface area contributed by atoms with Crippen LogP contribution in [-0.4, -0.2) is 23.3 Å². The SMILES string of the molecule is O=C(NOCC(F)(F)F)c1ccc(-n2cccc2)cc1. The lowest BCUT2D eigenvalue weighted by Crippen LogP contribution is -2.29. The van der Waals surface area contributed by atoms with Crippen molar-refractivity contribution in [1.82, 2.24) is 10.0 Å². The van der Waals surface area contributed by atoms with Crippen LogP contribution in [0.5, 0.6) is 0 Å². The molecule has 0 spiro atoms. The quantitative estimate of drug-likeness (QED) is 0.877. The number of nitrogens with zero attached hydrogens (tertiary/aromatic N) is 1. The van der Waals surface area contributed by atoms with Crippen LogP contribution in [0.15, 0.2) is 48.8 Å². The number of hydroxylamine groups is 1. The van der Waals surface area contributed by atoms with Crippen molar-refractivity contribution in [2.24, 2.45) is 0 Å². The van der Waals surface area contributed by atoms with E-state index in [1.807, 2.05) is 29.1 Å². The molecule has 0 radical (unpaired) electrons. The molecule has 2 rings (SSSR count). The summed E-state index contributed by atoms with van der Waals surface area (Å²) in [7, 11) is 0. The lowest BCUT2D eigenvalue weighted by Gasteiger charge is -2.09. The fourth-order valence-corrected chi connectivity index (χ4v) is 1.53. The van der Waals surface area contributed by atoms with Crippen LogP contribution in [0.3, 0.4) is 0 Å². The van der Waals surface area contributed by atoms with Gasteiger partial charge in [0.05, 0.1) is 0 Å². The van der Waals surface area contributed by atoms with Crippen molar-refractivity contribution >= 4 is 5.91 Å². The first-order valence-corrected chi connectivity index (χ1v) is 5.68. The highest BCUT2D eigenvalue weighted by molar-refractivity contribution is 5.93. The van der Waals surface area contributed by atoms with Crippen LogP contribution in [0.2, 0.25) is 0 Å². The van der Waals surface area contributed by atoms with Gasteiger partial charge < -0.3 is 4.57 Å². The molecule has 1 aromatic carbocycles. The highest BCUT2D eigenvalue weighted by atomic mass is 19.4. The Kier molecular flexibility index (Phi) is 4.09. The number of benzene rings is 1. The van der Waals surface area contributed by atoms with Crippen molar-refractivity contribution in [2.45, 2.75) is 6.18 Å². The third-order valence-electron chi connectivity index (χ3n) is 2.43. The Morgan fingerprint density at radius 3 is 2.30 bits per heavy atom. The fraction of sp³-hybridized carbons (Fsp3) is 0.154. The maximum atomic E-state index is 11.8. The van der Waals surface area contributed by atoms with Gasteiger partial charge in [0, 0.05) is 23.6 Å². The smallest absolute Gasteiger partial charge is 0.324 e. The van der Waals surface area contributed by atoms with Gasteiger partial charge in [-0.25, -0.2) is 5.48 Å². The predicted molar refractivity (Wildman–Crippen MR) is 65.2 cm³/mol. The topological polar surface area (TPSA) is 43.3 Å². The molecule has 0 aliphatic rings. The number of halogens is 3. The summed E-state index contributed by atoms with van der Waals surface area (Å²) in [6, 6.07) is 10.1. The number of carbonyl (C=O) groups excluding carboxylic acids is 1. The molecule has 1 N–H and O–H groups in total. The largest absolute Gasteiger partial charge is 0.414 e. The summed E-state index contributed by atoms with van der Waals surface area (Å²) in [5, 5.41) is 0. The lowest BCUT2D eigenvalue weighted by atomic mass is 10.2. The van der Waals surface area contributed by atoms with Crippen LogP contribution in [0.25, 0.3) is 5.69 Å². The molecule has 0 bridgehead atoms. The van der Waals surface area contributed by atoms with E-state index in [-0.39, 0.29) is 5.56 Å². The zero-order valence-corrected chi connectivity index (χ0v) is 10.2. The van der Waals surface area contributed by atoms with Crippen LogP contribution in [0, 0.1) is 0 Å². The molecule has 1 heterocycles.